The van der Waals surface area contributed by atoms with Gasteiger partial charge in [0.1, 0.15) is 11.6 Å². The van der Waals surface area contributed by atoms with Crippen LogP contribution in [0.1, 0.15) is 70.6 Å². The fourth-order valence-electron chi connectivity index (χ4n) is 7.35. The molecule has 1 spiro atoms. The SMILES string of the molecule is C=CCN(C)C(=O)[C@@H]1[C@@H]2CCC3(O2)C(C(=O)N(CC=C)C2CCCCC2)N(CCCCCCO)C(=O)[C@H]13. The van der Waals surface area contributed by atoms with E-state index in [1.165, 1.54) is 6.42 Å². The van der Waals surface area contributed by atoms with E-state index in [-0.39, 0.29) is 36.5 Å². The van der Waals surface area contributed by atoms with Gasteiger partial charge in [-0.3, -0.25) is 14.4 Å². The zero-order chi connectivity index (χ0) is 26.6. The van der Waals surface area contributed by atoms with Crippen LogP contribution in [-0.2, 0) is 19.1 Å². The number of carbonyl (C=O) groups is 3. The lowest BCUT2D eigenvalue weighted by atomic mass is 9.70. The number of likely N-dealkylation sites (N-methyl/N-ethyl adjacent to an activating group) is 1. The van der Waals surface area contributed by atoms with E-state index in [9.17, 15) is 14.4 Å². The Hall–Kier alpha value is -2.19. The Morgan fingerprint density at radius 1 is 1.05 bits per heavy atom. The van der Waals surface area contributed by atoms with Crippen molar-refractivity contribution < 1.29 is 24.2 Å². The number of ether oxygens (including phenoxy) is 1. The number of aliphatic hydroxyl groups is 1. The third-order valence-corrected chi connectivity index (χ3v) is 9.03. The van der Waals surface area contributed by atoms with Gasteiger partial charge in [-0.15, -0.1) is 13.2 Å². The number of nitrogens with zero attached hydrogens (tertiary/aromatic N) is 3. The Kier molecular flexibility index (Phi) is 9.11. The van der Waals surface area contributed by atoms with Crippen LogP contribution in [0.25, 0.3) is 0 Å². The molecule has 4 aliphatic rings. The molecule has 1 aliphatic carbocycles. The molecule has 0 aromatic rings. The van der Waals surface area contributed by atoms with Crippen molar-refractivity contribution in [3.63, 3.8) is 0 Å². The highest BCUT2D eigenvalue weighted by atomic mass is 16.5. The van der Waals surface area contributed by atoms with Crippen LogP contribution in [0.2, 0.25) is 0 Å². The van der Waals surface area contributed by atoms with Gasteiger partial charge in [0, 0.05) is 39.3 Å². The van der Waals surface area contributed by atoms with Crippen LogP contribution >= 0.6 is 0 Å². The van der Waals surface area contributed by atoms with E-state index in [0.29, 0.717) is 32.5 Å². The first kappa shape index (κ1) is 27.8. The minimum Gasteiger partial charge on any atom is -0.396 e. The summed E-state index contributed by atoms with van der Waals surface area (Å²) in [5.74, 6) is -1.46. The maximum absolute atomic E-state index is 14.4. The van der Waals surface area contributed by atoms with E-state index in [0.717, 1.165) is 51.4 Å². The molecule has 2 unspecified atom stereocenters. The van der Waals surface area contributed by atoms with Crippen LogP contribution in [0.15, 0.2) is 25.3 Å². The van der Waals surface area contributed by atoms with Crippen molar-refractivity contribution in [1.82, 2.24) is 14.7 Å². The van der Waals surface area contributed by atoms with E-state index in [4.69, 9.17) is 9.84 Å². The molecule has 5 atom stereocenters. The monoisotopic (exact) mass is 515 g/mol. The van der Waals surface area contributed by atoms with E-state index >= 15 is 0 Å². The van der Waals surface area contributed by atoms with Gasteiger partial charge in [0.05, 0.1) is 17.9 Å². The number of hydrogen-bond acceptors (Lipinski definition) is 5. The lowest BCUT2D eigenvalue weighted by molar-refractivity contribution is -0.150. The fraction of sp³-hybridized carbons (Fsp3) is 0.759. The third kappa shape index (κ3) is 5.11. The molecule has 1 saturated carbocycles. The zero-order valence-electron chi connectivity index (χ0n) is 22.5. The second-order valence-corrected chi connectivity index (χ2v) is 11.3. The van der Waals surface area contributed by atoms with Crippen molar-refractivity contribution in [3.8, 4) is 0 Å². The molecule has 0 aromatic heterocycles. The van der Waals surface area contributed by atoms with Gasteiger partial charge in [0.25, 0.3) is 0 Å². The number of carbonyl (C=O) groups excluding carboxylic acids is 3. The largest absolute Gasteiger partial charge is 0.396 e. The molecule has 3 saturated heterocycles. The maximum atomic E-state index is 14.4. The average Bonchev–Trinajstić information content (AvgIpc) is 3.54. The first-order valence-electron chi connectivity index (χ1n) is 14.3. The number of hydrogen-bond donors (Lipinski definition) is 1. The minimum absolute atomic E-state index is 0.0498. The van der Waals surface area contributed by atoms with E-state index in [2.05, 4.69) is 13.2 Å². The van der Waals surface area contributed by atoms with Gasteiger partial charge < -0.3 is 24.5 Å². The molecule has 3 aliphatic heterocycles. The lowest BCUT2D eigenvalue weighted by Crippen LogP contribution is -2.58. The van der Waals surface area contributed by atoms with Crippen molar-refractivity contribution in [3.05, 3.63) is 25.3 Å². The minimum atomic E-state index is -0.951. The predicted octanol–water partition coefficient (Wildman–Crippen LogP) is 2.91. The standard InChI is InChI=1S/C29H45N3O5/c1-4-17-30(3)26(34)23-22-15-16-29(37-22)24(23)27(35)32(19-11-6-7-12-20-33)25(29)28(36)31(18-5-2)21-13-9-8-10-14-21/h4-5,21-25,33H,1-2,6-20H2,3H3/t22-,23+,24-,25?,29?/m0/s1. The smallest absolute Gasteiger partial charge is 0.248 e. The van der Waals surface area contributed by atoms with Crippen molar-refractivity contribution in [1.29, 1.82) is 0 Å². The van der Waals surface area contributed by atoms with Crippen LogP contribution in [0.4, 0.5) is 0 Å². The van der Waals surface area contributed by atoms with Crippen molar-refractivity contribution in [2.75, 3.05) is 33.3 Å². The summed E-state index contributed by atoms with van der Waals surface area (Å²) in [6, 6.07) is -0.566. The third-order valence-electron chi connectivity index (χ3n) is 9.03. The maximum Gasteiger partial charge on any atom is 0.248 e. The second kappa shape index (κ2) is 12.1. The number of rotatable bonds is 13. The van der Waals surface area contributed by atoms with Crippen LogP contribution in [0.5, 0.6) is 0 Å². The highest BCUT2D eigenvalue weighted by Crippen LogP contribution is 2.59. The molecule has 37 heavy (non-hydrogen) atoms. The lowest BCUT2D eigenvalue weighted by Gasteiger charge is -2.40. The van der Waals surface area contributed by atoms with Gasteiger partial charge in [-0.2, -0.15) is 0 Å². The first-order chi connectivity index (χ1) is 17.9. The van der Waals surface area contributed by atoms with Gasteiger partial charge in [-0.05, 0) is 38.5 Å². The Morgan fingerprint density at radius 3 is 2.43 bits per heavy atom. The van der Waals surface area contributed by atoms with E-state index < -0.39 is 23.5 Å². The van der Waals surface area contributed by atoms with E-state index in [1.54, 1.807) is 29.0 Å². The normalized spacial score (nSPS) is 30.9. The van der Waals surface area contributed by atoms with E-state index in [1.807, 2.05) is 4.90 Å². The zero-order valence-corrected chi connectivity index (χ0v) is 22.5. The van der Waals surface area contributed by atoms with Gasteiger partial charge >= 0.3 is 0 Å². The summed E-state index contributed by atoms with van der Waals surface area (Å²) in [4.78, 5) is 47.3. The first-order valence-corrected chi connectivity index (χ1v) is 14.3. The van der Waals surface area contributed by atoms with Gasteiger partial charge in [0.2, 0.25) is 17.7 Å². The Labute approximate surface area is 221 Å². The number of likely N-dealkylation sites (tertiary alicyclic amines) is 1. The topological polar surface area (TPSA) is 90.4 Å². The highest BCUT2D eigenvalue weighted by Gasteiger charge is 2.74. The Bertz CT molecular complexity index is 872. The summed E-state index contributed by atoms with van der Waals surface area (Å²) in [5, 5.41) is 9.13. The number of amides is 3. The summed E-state index contributed by atoms with van der Waals surface area (Å²) in [6.07, 6.45) is 13.0. The number of fused-ring (bicyclic) bond motifs is 1. The highest BCUT2D eigenvalue weighted by molar-refractivity contribution is 5.99. The fourth-order valence-corrected chi connectivity index (χ4v) is 7.35. The molecule has 0 radical (unpaired) electrons. The van der Waals surface area contributed by atoms with Crippen molar-refractivity contribution in [2.24, 2.45) is 11.8 Å². The summed E-state index contributed by atoms with van der Waals surface area (Å²) in [5.41, 5.74) is -0.951. The molecule has 8 nitrogen and oxygen atoms in total. The molecule has 4 fully saturated rings. The van der Waals surface area contributed by atoms with Crippen LogP contribution in [0, 0.1) is 11.8 Å². The molecule has 3 heterocycles. The average molecular weight is 516 g/mol. The number of aliphatic hydroxyl groups excluding tert-OH is 1. The molecule has 0 aromatic carbocycles. The van der Waals surface area contributed by atoms with Gasteiger partial charge in [-0.25, -0.2) is 0 Å². The molecule has 3 amide bonds. The molecule has 8 heteroatoms. The summed E-state index contributed by atoms with van der Waals surface area (Å²) < 4.78 is 6.60. The quantitative estimate of drug-likeness (QED) is 0.301. The molecule has 4 rings (SSSR count). The van der Waals surface area contributed by atoms with Crippen LogP contribution in [0.3, 0.4) is 0 Å². The van der Waals surface area contributed by atoms with Gasteiger partial charge in [-0.1, -0.05) is 44.3 Å². The summed E-state index contributed by atoms with van der Waals surface area (Å²) >= 11 is 0. The molecule has 2 bridgehead atoms. The summed E-state index contributed by atoms with van der Waals surface area (Å²) in [6.45, 7) is 9.14. The molecule has 1 N–H and O–H groups in total. The van der Waals surface area contributed by atoms with Gasteiger partial charge in [0.15, 0.2) is 0 Å². The summed E-state index contributed by atoms with van der Waals surface area (Å²) in [7, 11) is 1.73. The van der Waals surface area contributed by atoms with Crippen LogP contribution in [-0.4, -0.2) is 94.6 Å². The van der Waals surface area contributed by atoms with Crippen molar-refractivity contribution in [2.45, 2.75) is 94.4 Å². The Balaban J connectivity index is 1.65. The molecule has 206 valence electrons. The molecular weight excluding hydrogens is 470 g/mol. The van der Waals surface area contributed by atoms with Crippen LogP contribution < -0.4 is 0 Å². The number of unbranched alkanes of at least 4 members (excludes halogenated alkanes) is 3. The Morgan fingerprint density at radius 2 is 1.76 bits per heavy atom. The van der Waals surface area contributed by atoms with Crippen molar-refractivity contribution >= 4 is 17.7 Å². The predicted molar refractivity (Wildman–Crippen MR) is 141 cm³/mol. The molecular formula is C29H45N3O5. The second-order valence-electron chi connectivity index (χ2n) is 11.3.